The van der Waals surface area contributed by atoms with Crippen molar-refractivity contribution in [3.05, 3.63) is 70.0 Å². The summed E-state index contributed by atoms with van der Waals surface area (Å²) in [6, 6.07) is 11.9. The van der Waals surface area contributed by atoms with Crippen molar-refractivity contribution >= 4 is 23.1 Å². The summed E-state index contributed by atoms with van der Waals surface area (Å²) in [6.45, 7) is 2.11. The molecule has 0 atom stereocenters. The van der Waals surface area contributed by atoms with E-state index in [0.29, 0.717) is 17.4 Å². The van der Waals surface area contributed by atoms with Crippen LogP contribution in [0.1, 0.15) is 18.1 Å². The van der Waals surface area contributed by atoms with Gasteiger partial charge in [0.05, 0.1) is 22.7 Å². The highest BCUT2D eigenvalue weighted by molar-refractivity contribution is 5.83. The van der Waals surface area contributed by atoms with E-state index in [1.54, 1.807) is 31.2 Å². The Bertz CT molecular complexity index is 1020. The van der Waals surface area contributed by atoms with Crippen LogP contribution in [0.3, 0.4) is 0 Å². The van der Waals surface area contributed by atoms with Crippen molar-refractivity contribution in [3.8, 4) is 0 Å². The summed E-state index contributed by atoms with van der Waals surface area (Å²) in [5.41, 5.74) is 1.94. The van der Waals surface area contributed by atoms with Gasteiger partial charge in [0.15, 0.2) is 0 Å². The molecule has 1 aromatic heterocycles. The molecule has 0 aliphatic carbocycles. The van der Waals surface area contributed by atoms with Crippen molar-refractivity contribution in [2.45, 2.75) is 19.6 Å². The number of halogens is 3. The van der Waals surface area contributed by atoms with Crippen molar-refractivity contribution in [2.75, 3.05) is 5.43 Å². The quantitative estimate of drug-likeness (QED) is 0.567. The van der Waals surface area contributed by atoms with Crippen LogP contribution in [0.5, 0.6) is 0 Å². The van der Waals surface area contributed by atoms with E-state index in [1.165, 1.54) is 22.8 Å². The lowest BCUT2D eigenvalue weighted by atomic mass is 10.1. The van der Waals surface area contributed by atoms with Gasteiger partial charge in [0.25, 0.3) is 5.56 Å². The van der Waals surface area contributed by atoms with E-state index in [2.05, 4.69) is 15.5 Å². The van der Waals surface area contributed by atoms with E-state index < -0.39 is 11.7 Å². The first-order valence-electron chi connectivity index (χ1n) is 7.86. The Morgan fingerprint density at radius 3 is 2.58 bits per heavy atom. The van der Waals surface area contributed by atoms with Crippen LogP contribution >= 0.6 is 0 Å². The van der Waals surface area contributed by atoms with E-state index in [1.807, 2.05) is 0 Å². The predicted octanol–water partition coefficient (Wildman–Crippen LogP) is 3.88. The molecule has 0 spiro atoms. The minimum absolute atomic E-state index is 0.0846. The van der Waals surface area contributed by atoms with Crippen molar-refractivity contribution < 1.29 is 13.2 Å². The molecule has 26 heavy (non-hydrogen) atoms. The normalized spacial score (nSPS) is 12.0. The second-order valence-electron chi connectivity index (χ2n) is 5.46. The monoisotopic (exact) mass is 360 g/mol. The van der Waals surface area contributed by atoms with Crippen LogP contribution in [0, 0.1) is 0 Å². The molecule has 0 bridgehead atoms. The van der Waals surface area contributed by atoms with Gasteiger partial charge in [0.2, 0.25) is 5.95 Å². The van der Waals surface area contributed by atoms with Gasteiger partial charge in [-0.3, -0.25) is 9.36 Å². The molecular weight excluding hydrogens is 345 g/mol. The second kappa shape index (κ2) is 6.99. The fraction of sp³-hybridized carbons (Fsp3) is 0.167. The maximum absolute atomic E-state index is 13.0. The fourth-order valence-corrected chi connectivity index (χ4v) is 2.57. The first kappa shape index (κ1) is 17.7. The third kappa shape index (κ3) is 3.44. The maximum atomic E-state index is 13.0. The van der Waals surface area contributed by atoms with Crippen LogP contribution in [-0.2, 0) is 12.7 Å². The summed E-state index contributed by atoms with van der Waals surface area (Å²) in [4.78, 5) is 16.8. The van der Waals surface area contributed by atoms with Gasteiger partial charge in [-0.05, 0) is 25.1 Å². The molecule has 0 aliphatic heterocycles. The van der Waals surface area contributed by atoms with Crippen LogP contribution < -0.4 is 11.0 Å². The lowest BCUT2D eigenvalue weighted by Crippen LogP contribution is -2.23. The number of nitrogens with zero attached hydrogens (tertiary/aromatic N) is 3. The average molecular weight is 360 g/mol. The number of hydrogen-bond acceptors (Lipinski definition) is 4. The molecular formula is C18H15F3N4O. The first-order chi connectivity index (χ1) is 12.4. The van der Waals surface area contributed by atoms with E-state index in [-0.39, 0.29) is 17.1 Å². The van der Waals surface area contributed by atoms with Gasteiger partial charge in [0.1, 0.15) is 0 Å². The zero-order valence-electron chi connectivity index (χ0n) is 13.8. The highest BCUT2D eigenvalue weighted by Gasteiger charge is 2.32. The number of rotatable bonds is 4. The number of aromatic nitrogens is 2. The topological polar surface area (TPSA) is 59.3 Å². The third-order valence-electron chi connectivity index (χ3n) is 3.81. The summed E-state index contributed by atoms with van der Waals surface area (Å²) >= 11 is 0. The smallest absolute Gasteiger partial charge is 0.277 e. The molecule has 3 aromatic rings. The molecule has 0 amide bonds. The highest BCUT2D eigenvalue weighted by atomic mass is 19.4. The Kier molecular flexibility index (Phi) is 4.75. The lowest BCUT2D eigenvalue weighted by Gasteiger charge is -2.11. The standard InChI is InChI=1S/C18H15F3N4O/c1-2-25-16(26)13-8-4-6-10-15(13)23-17(25)24-22-11-12-7-3-5-9-14(12)18(19,20)21/h3-11H,2H2,1H3,(H,23,24)/b22-11-. The van der Waals surface area contributed by atoms with E-state index in [4.69, 9.17) is 0 Å². The van der Waals surface area contributed by atoms with E-state index in [9.17, 15) is 18.0 Å². The number of alkyl halides is 3. The number of anilines is 1. The van der Waals surface area contributed by atoms with Crippen molar-refractivity contribution in [3.63, 3.8) is 0 Å². The molecule has 3 rings (SSSR count). The Morgan fingerprint density at radius 2 is 1.85 bits per heavy atom. The molecule has 2 aromatic carbocycles. The van der Waals surface area contributed by atoms with Crippen LogP contribution in [-0.4, -0.2) is 15.8 Å². The first-order valence-corrected chi connectivity index (χ1v) is 7.86. The average Bonchev–Trinajstić information content (AvgIpc) is 2.62. The Labute approximate surface area is 146 Å². The molecule has 1 heterocycles. The minimum atomic E-state index is -4.48. The molecule has 0 unspecified atom stereocenters. The van der Waals surface area contributed by atoms with Crippen LogP contribution in [0.2, 0.25) is 0 Å². The molecule has 0 saturated heterocycles. The number of hydrazone groups is 1. The predicted molar refractivity (Wildman–Crippen MR) is 94.3 cm³/mol. The van der Waals surface area contributed by atoms with Crippen molar-refractivity contribution in [2.24, 2.45) is 5.10 Å². The molecule has 8 heteroatoms. The van der Waals surface area contributed by atoms with Crippen molar-refractivity contribution in [1.29, 1.82) is 0 Å². The van der Waals surface area contributed by atoms with Crippen LogP contribution in [0.15, 0.2) is 58.4 Å². The zero-order chi connectivity index (χ0) is 18.7. The molecule has 0 fully saturated rings. The Balaban J connectivity index is 1.96. The highest BCUT2D eigenvalue weighted by Crippen LogP contribution is 2.31. The summed E-state index contributed by atoms with van der Waals surface area (Å²) in [5, 5.41) is 4.31. The number of para-hydroxylation sites is 1. The Hall–Kier alpha value is -3.16. The van der Waals surface area contributed by atoms with Gasteiger partial charge < -0.3 is 0 Å². The molecule has 0 aliphatic rings. The number of hydrogen-bond donors (Lipinski definition) is 1. The molecule has 0 radical (unpaired) electrons. The molecule has 0 saturated carbocycles. The van der Waals surface area contributed by atoms with Gasteiger partial charge in [-0.25, -0.2) is 10.4 Å². The molecule has 5 nitrogen and oxygen atoms in total. The van der Waals surface area contributed by atoms with Gasteiger partial charge in [0, 0.05) is 12.1 Å². The minimum Gasteiger partial charge on any atom is -0.277 e. The number of nitrogens with one attached hydrogen (secondary N) is 1. The summed E-state index contributed by atoms with van der Waals surface area (Å²) in [5.74, 6) is 0.164. The summed E-state index contributed by atoms with van der Waals surface area (Å²) in [7, 11) is 0. The summed E-state index contributed by atoms with van der Waals surface area (Å²) in [6.07, 6.45) is -3.42. The SMILES string of the molecule is CCn1c(N/N=C\c2ccccc2C(F)(F)F)nc2ccccc2c1=O. The third-order valence-corrected chi connectivity index (χ3v) is 3.81. The molecule has 134 valence electrons. The maximum Gasteiger partial charge on any atom is 0.417 e. The lowest BCUT2D eigenvalue weighted by molar-refractivity contribution is -0.137. The van der Waals surface area contributed by atoms with Gasteiger partial charge in [-0.2, -0.15) is 18.3 Å². The van der Waals surface area contributed by atoms with E-state index in [0.717, 1.165) is 12.3 Å². The number of benzene rings is 2. The van der Waals surface area contributed by atoms with Gasteiger partial charge >= 0.3 is 6.18 Å². The fourth-order valence-electron chi connectivity index (χ4n) is 2.57. The van der Waals surface area contributed by atoms with Gasteiger partial charge in [-0.15, -0.1) is 0 Å². The Morgan fingerprint density at radius 1 is 1.15 bits per heavy atom. The number of fused-ring (bicyclic) bond motifs is 1. The second-order valence-corrected chi connectivity index (χ2v) is 5.46. The van der Waals surface area contributed by atoms with Crippen LogP contribution in [0.25, 0.3) is 10.9 Å². The van der Waals surface area contributed by atoms with Crippen LogP contribution in [0.4, 0.5) is 19.1 Å². The largest absolute Gasteiger partial charge is 0.417 e. The van der Waals surface area contributed by atoms with Gasteiger partial charge in [-0.1, -0.05) is 30.3 Å². The summed E-state index contributed by atoms with van der Waals surface area (Å²) < 4.78 is 40.4. The van der Waals surface area contributed by atoms with Crippen molar-refractivity contribution in [1.82, 2.24) is 9.55 Å². The molecule has 1 N–H and O–H groups in total. The van der Waals surface area contributed by atoms with E-state index >= 15 is 0 Å². The zero-order valence-corrected chi connectivity index (χ0v) is 13.8.